The van der Waals surface area contributed by atoms with Crippen molar-refractivity contribution in [2.75, 3.05) is 25.0 Å². The van der Waals surface area contributed by atoms with Crippen LogP contribution in [0.4, 0.5) is 23.2 Å². The van der Waals surface area contributed by atoms with Crippen molar-refractivity contribution in [2.45, 2.75) is 12.8 Å². The maximum Gasteiger partial charge on any atom is 0.241 e. The van der Waals surface area contributed by atoms with Gasteiger partial charge in [0, 0.05) is 19.2 Å². The van der Waals surface area contributed by atoms with E-state index in [2.05, 4.69) is 5.32 Å². The van der Waals surface area contributed by atoms with Crippen molar-refractivity contribution in [3.63, 3.8) is 0 Å². The van der Waals surface area contributed by atoms with Gasteiger partial charge in [0.15, 0.2) is 23.3 Å². The van der Waals surface area contributed by atoms with Crippen LogP contribution in [-0.2, 0) is 4.79 Å². The van der Waals surface area contributed by atoms with Crippen LogP contribution >= 0.6 is 0 Å². The van der Waals surface area contributed by atoms with Gasteiger partial charge in [0.2, 0.25) is 5.91 Å². The molecular formula is C12H12F4N2O. The molecule has 1 aliphatic heterocycles. The minimum Gasteiger partial charge on any atom is -0.371 e. The molecule has 0 aliphatic carbocycles. The molecule has 1 saturated heterocycles. The number of anilines is 1. The summed E-state index contributed by atoms with van der Waals surface area (Å²) >= 11 is 0. The molecule has 104 valence electrons. The van der Waals surface area contributed by atoms with E-state index in [4.69, 9.17) is 0 Å². The predicted molar refractivity (Wildman–Crippen MR) is 60.6 cm³/mol. The lowest BCUT2D eigenvalue weighted by Gasteiger charge is -2.16. The summed E-state index contributed by atoms with van der Waals surface area (Å²) in [4.78, 5) is 13.2. The number of hydrogen-bond acceptors (Lipinski definition) is 2. The summed E-state index contributed by atoms with van der Waals surface area (Å²) in [6.45, 7) is 0.767. The van der Waals surface area contributed by atoms with Crippen molar-refractivity contribution in [1.82, 2.24) is 4.90 Å². The second kappa shape index (κ2) is 5.46. The van der Waals surface area contributed by atoms with Gasteiger partial charge >= 0.3 is 0 Å². The van der Waals surface area contributed by atoms with E-state index < -0.39 is 35.5 Å². The Kier molecular flexibility index (Phi) is 3.92. The van der Waals surface area contributed by atoms with Crippen molar-refractivity contribution >= 4 is 11.6 Å². The normalized spacial score (nSPS) is 14.8. The molecule has 0 unspecified atom stereocenters. The molecule has 0 saturated carbocycles. The Morgan fingerprint density at radius 1 is 1.11 bits per heavy atom. The van der Waals surface area contributed by atoms with Gasteiger partial charge in [0.1, 0.15) is 5.69 Å². The number of nitrogens with zero attached hydrogens (tertiary/aromatic N) is 1. The highest BCUT2D eigenvalue weighted by atomic mass is 19.2. The smallest absolute Gasteiger partial charge is 0.241 e. The Balaban J connectivity index is 2.09. The molecule has 1 heterocycles. The fraction of sp³-hybridized carbons (Fsp3) is 0.417. The number of likely N-dealkylation sites (tertiary alicyclic amines) is 1. The largest absolute Gasteiger partial charge is 0.371 e. The van der Waals surface area contributed by atoms with Crippen LogP contribution in [0.3, 0.4) is 0 Å². The summed E-state index contributed by atoms with van der Waals surface area (Å²) in [5.41, 5.74) is -0.954. The zero-order valence-electron chi connectivity index (χ0n) is 9.98. The first-order valence-electron chi connectivity index (χ1n) is 5.85. The summed E-state index contributed by atoms with van der Waals surface area (Å²) in [5, 5.41) is 2.12. The van der Waals surface area contributed by atoms with Gasteiger partial charge in [0.05, 0.1) is 6.54 Å². The second-order valence-electron chi connectivity index (χ2n) is 4.28. The molecule has 19 heavy (non-hydrogen) atoms. The third kappa shape index (κ3) is 2.80. The monoisotopic (exact) mass is 276 g/mol. The van der Waals surface area contributed by atoms with Crippen LogP contribution in [0.25, 0.3) is 0 Å². The molecule has 0 atom stereocenters. The van der Waals surface area contributed by atoms with Crippen molar-refractivity contribution in [3.05, 3.63) is 29.3 Å². The van der Waals surface area contributed by atoms with Gasteiger partial charge in [-0.3, -0.25) is 4.79 Å². The van der Waals surface area contributed by atoms with E-state index in [1.165, 1.54) is 4.90 Å². The number of halogens is 4. The maximum absolute atomic E-state index is 13.3. The summed E-state index contributed by atoms with van der Waals surface area (Å²) in [5.74, 6) is -6.44. The van der Waals surface area contributed by atoms with E-state index in [1.54, 1.807) is 0 Å². The summed E-state index contributed by atoms with van der Waals surface area (Å²) in [6, 6.07) is 0.123. The van der Waals surface area contributed by atoms with Crippen LogP contribution < -0.4 is 5.32 Å². The highest BCUT2D eigenvalue weighted by Crippen LogP contribution is 2.24. The Morgan fingerprint density at radius 3 is 2.16 bits per heavy atom. The fourth-order valence-electron chi connectivity index (χ4n) is 1.97. The second-order valence-corrected chi connectivity index (χ2v) is 4.28. The Bertz CT molecular complexity index is 475. The van der Waals surface area contributed by atoms with E-state index in [-0.39, 0.29) is 12.0 Å². The summed E-state index contributed by atoms with van der Waals surface area (Å²) in [7, 11) is 0. The lowest BCUT2D eigenvalue weighted by molar-refractivity contribution is -0.128. The molecule has 1 fully saturated rings. The third-order valence-electron chi connectivity index (χ3n) is 2.99. The van der Waals surface area contributed by atoms with E-state index >= 15 is 0 Å². The minimum absolute atomic E-state index is 0.123. The van der Waals surface area contributed by atoms with Gasteiger partial charge in [-0.25, -0.2) is 17.6 Å². The van der Waals surface area contributed by atoms with Gasteiger partial charge in [-0.05, 0) is 12.8 Å². The van der Waals surface area contributed by atoms with Crippen LogP contribution in [0.5, 0.6) is 0 Å². The minimum atomic E-state index is -1.53. The average molecular weight is 276 g/mol. The third-order valence-corrected chi connectivity index (χ3v) is 2.99. The molecule has 1 N–H and O–H groups in total. The molecular weight excluding hydrogens is 264 g/mol. The van der Waals surface area contributed by atoms with Gasteiger partial charge in [-0.15, -0.1) is 0 Å². The lowest BCUT2D eigenvalue weighted by Crippen LogP contribution is -2.33. The Morgan fingerprint density at radius 2 is 1.63 bits per heavy atom. The lowest BCUT2D eigenvalue weighted by atomic mass is 10.2. The van der Waals surface area contributed by atoms with Crippen LogP contribution in [0, 0.1) is 23.3 Å². The van der Waals surface area contributed by atoms with Crippen LogP contribution in [0.15, 0.2) is 6.07 Å². The SMILES string of the molecule is O=C(CNc1c(F)c(F)cc(F)c1F)N1CCCC1. The Hall–Kier alpha value is -1.79. The van der Waals surface area contributed by atoms with E-state index in [0.29, 0.717) is 13.1 Å². The van der Waals surface area contributed by atoms with Crippen molar-refractivity contribution < 1.29 is 22.4 Å². The van der Waals surface area contributed by atoms with Crippen LogP contribution in [-0.4, -0.2) is 30.4 Å². The van der Waals surface area contributed by atoms with Gasteiger partial charge in [-0.2, -0.15) is 0 Å². The molecule has 1 aliphatic rings. The molecule has 0 bridgehead atoms. The quantitative estimate of drug-likeness (QED) is 0.678. The molecule has 0 radical (unpaired) electrons. The standard InChI is InChI=1S/C12H12F4N2O/c13-7-5-8(14)11(16)12(10(7)15)17-6-9(19)18-3-1-2-4-18/h5,17H,1-4,6H2. The molecule has 7 heteroatoms. The van der Waals surface area contributed by atoms with Crippen molar-refractivity contribution in [3.8, 4) is 0 Å². The van der Waals surface area contributed by atoms with E-state index in [1.807, 2.05) is 0 Å². The molecule has 1 amide bonds. The molecule has 0 aromatic heterocycles. The van der Waals surface area contributed by atoms with Gasteiger partial charge in [-0.1, -0.05) is 0 Å². The van der Waals surface area contributed by atoms with Crippen LogP contribution in [0.1, 0.15) is 12.8 Å². The number of amides is 1. The first kappa shape index (κ1) is 13.6. The number of benzene rings is 1. The van der Waals surface area contributed by atoms with Crippen molar-refractivity contribution in [2.24, 2.45) is 0 Å². The highest BCUT2D eigenvalue weighted by Gasteiger charge is 2.22. The molecule has 1 aromatic rings. The van der Waals surface area contributed by atoms with Gasteiger partial charge < -0.3 is 10.2 Å². The number of rotatable bonds is 3. The number of carbonyl (C=O) groups excluding carboxylic acids is 1. The number of hydrogen-bond donors (Lipinski definition) is 1. The first-order valence-corrected chi connectivity index (χ1v) is 5.85. The average Bonchev–Trinajstić information content (AvgIpc) is 2.90. The highest BCUT2D eigenvalue weighted by molar-refractivity contribution is 5.81. The summed E-state index contributed by atoms with van der Waals surface area (Å²) < 4.78 is 52.5. The van der Waals surface area contributed by atoms with Gasteiger partial charge in [0.25, 0.3) is 0 Å². The zero-order valence-corrected chi connectivity index (χ0v) is 9.98. The fourth-order valence-corrected chi connectivity index (χ4v) is 1.97. The maximum atomic E-state index is 13.3. The van der Waals surface area contributed by atoms with Crippen molar-refractivity contribution in [1.29, 1.82) is 0 Å². The predicted octanol–water partition coefficient (Wildman–Crippen LogP) is 2.28. The molecule has 1 aromatic carbocycles. The first-order chi connectivity index (χ1) is 9.00. The number of carbonyl (C=O) groups is 1. The van der Waals surface area contributed by atoms with Crippen LogP contribution in [0.2, 0.25) is 0 Å². The molecule has 0 spiro atoms. The number of nitrogens with one attached hydrogen (secondary N) is 1. The summed E-state index contributed by atoms with van der Waals surface area (Å²) in [6.07, 6.45) is 1.76. The van der Waals surface area contributed by atoms with E-state index in [9.17, 15) is 22.4 Å². The zero-order chi connectivity index (χ0) is 14.0. The topological polar surface area (TPSA) is 32.3 Å². The van der Waals surface area contributed by atoms with E-state index in [0.717, 1.165) is 12.8 Å². The molecule has 3 nitrogen and oxygen atoms in total. The Labute approximate surface area is 107 Å². The molecule has 2 rings (SSSR count).